The molecule has 0 radical (unpaired) electrons. The normalized spacial score (nSPS) is 20.6. The number of aryl methyl sites for hydroxylation is 1. The summed E-state index contributed by atoms with van der Waals surface area (Å²) >= 11 is 0. The van der Waals surface area contributed by atoms with Gasteiger partial charge in [0.15, 0.2) is 0 Å². The first kappa shape index (κ1) is 19.1. The van der Waals surface area contributed by atoms with E-state index in [2.05, 4.69) is 60.1 Å². The lowest BCUT2D eigenvalue weighted by Crippen LogP contribution is -2.22. The minimum absolute atomic E-state index is 0.0820. The molecular weight excluding hydrogens is 385 g/mol. The first-order chi connectivity index (χ1) is 14.7. The Labute approximate surface area is 178 Å². The van der Waals surface area contributed by atoms with Crippen LogP contribution in [-0.4, -0.2) is 4.67 Å². The highest BCUT2D eigenvalue weighted by Gasteiger charge is 2.59. The number of benzene rings is 4. The maximum absolute atomic E-state index is 15.0. The van der Waals surface area contributed by atoms with Gasteiger partial charge in [-0.3, -0.25) is 4.57 Å². The van der Waals surface area contributed by atoms with E-state index in [0.717, 1.165) is 10.6 Å². The van der Waals surface area contributed by atoms with Crippen LogP contribution in [0, 0.1) is 6.92 Å². The molecule has 0 bridgehead atoms. The van der Waals surface area contributed by atoms with Gasteiger partial charge in [-0.15, -0.1) is 0 Å². The van der Waals surface area contributed by atoms with Crippen molar-refractivity contribution in [3.05, 3.63) is 132 Å². The predicted molar refractivity (Wildman–Crippen MR) is 125 cm³/mol. The molecule has 30 heavy (non-hydrogen) atoms. The van der Waals surface area contributed by atoms with Crippen LogP contribution in [0.1, 0.15) is 28.8 Å². The van der Waals surface area contributed by atoms with E-state index < -0.39 is 7.29 Å². The molecule has 0 amide bonds. The Hall–Kier alpha value is -2.93. The molecule has 2 nitrogen and oxygen atoms in total. The van der Waals surface area contributed by atoms with Crippen LogP contribution in [-0.2, 0) is 4.57 Å². The molecule has 4 aromatic carbocycles. The average molecular weight is 409 g/mol. The number of hydrogen-bond donors (Lipinski definition) is 0. The molecule has 0 spiro atoms. The molecular formula is C27H24NOP. The molecule has 1 aliphatic heterocycles. The largest absolute Gasteiger partial charge is 0.296 e. The number of rotatable bonds is 5. The predicted octanol–water partition coefficient (Wildman–Crippen LogP) is 6.02. The van der Waals surface area contributed by atoms with Crippen LogP contribution in [0.15, 0.2) is 115 Å². The van der Waals surface area contributed by atoms with Crippen LogP contribution in [0.5, 0.6) is 0 Å². The van der Waals surface area contributed by atoms with Crippen molar-refractivity contribution in [3.63, 3.8) is 0 Å². The summed E-state index contributed by atoms with van der Waals surface area (Å²) in [5.74, 6) is 0. The van der Waals surface area contributed by atoms with E-state index in [4.69, 9.17) is 0 Å². The summed E-state index contributed by atoms with van der Waals surface area (Å²) in [5.41, 5.74) is 3.69. The van der Waals surface area contributed by atoms with Gasteiger partial charge in [0, 0.05) is 10.6 Å². The first-order valence-electron chi connectivity index (χ1n) is 10.3. The van der Waals surface area contributed by atoms with Crippen LogP contribution >= 0.6 is 7.29 Å². The second-order valence-electron chi connectivity index (χ2n) is 7.78. The van der Waals surface area contributed by atoms with E-state index in [0.29, 0.717) is 0 Å². The van der Waals surface area contributed by atoms with Crippen molar-refractivity contribution in [2.75, 3.05) is 0 Å². The highest BCUT2D eigenvalue weighted by atomic mass is 31.2. The van der Waals surface area contributed by atoms with Crippen LogP contribution in [0.2, 0.25) is 0 Å². The molecule has 3 heteroatoms. The third-order valence-corrected chi connectivity index (χ3v) is 9.11. The van der Waals surface area contributed by atoms with Crippen molar-refractivity contribution < 1.29 is 4.57 Å². The number of nitrogens with zero attached hydrogens (tertiary/aromatic N) is 1. The number of hydrogen-bond acceptors (Lipinski definition) is 1. The molecule has 0 aliphatic carbocycles. The smallest absolute Gasteiger partial charge is 0.208 e. The van der Waals surface area contributed by atoms with E-state index in [-0.39, 0.29) is 12.1 Å². The monoisotopic (exact) mass is 409 g/mol. The van der Waals surface area contributed by atoms with Crippen LogP contribution in [0.25, 0.3) is 0 Å². The van der Waals surface area contributed by atoms with E-state index >= 15 is 0 Å². The molecule has 1 saturated heterocycles. The van der Waals surface area contributed by atoms with Crippen molar-refractivity contribution in [1.29, 1.82) is 0 Å². The van der Waals surface area contributed by atoms with Crippen molar-refractivity contribution in [1.82, 2.24) is 4.67 Å². The third-order valence-electron chi connectivity index (χ3n) is 5.97. The Morgan fingerprint density at radius 1 is 0.600 bits per heavy atom. The van der Waals surface area contributed by atoms with Gasteiger partial charge >= 0.3 is 0 Å². The summed E-state index contributed by atoms with van der Waals surface area (Å²) in [6.07, 6.45) is 0. The van der Waals surface area contributed by atoms with Gasteiger partial charge in [-0.2, -0.15) is 0 Å². The minimum atomic E-state index is -3.01. The summed E-state index contributed by atoms with van der Waals surface area (Å²) in [6, 6.07) is 39.0. The standard InChI is InChI=1S/C27H24NOP/c1-21-13-11-12-20-25(21)27-26(22-14-5-2-6-15-22)28(27)30(29,23-16-7-3-8-17-23)24-18-9-4-10-19-24/h2-20,26-27H,1H3. The van der Waals surface area contributed by atoms with Gasteiger partial charge in [-0.1, -0.05) is 91.0 Å². The highest BCUT2D eigenvalue weighted by molar-refractivity contribution is 7.76. The van der Waals surface area contributed by atoms with Gasteiger partial charge < -0.3 is 0 Å². The Balaban J connectivity index is 1.71. The zero-order valence-corrected chi connectivity index (χ0v) is 17.8. The molecule has 3 unspecified atom stereocenters. The molecule has 0 saturated carbocycles. The summed E-state index contributed by atoms with van der Waals surface area (Å²) in [7, 11) is -3.01. The van der Waals surface area contributed by atoms with Crippen LogP contribution in [0.3, 0.4) is 0 Å². The van der Waals surface area contributed by atoms with Gasteiger partial charge in [-0.05, 0) is 47.9 Å². The zero-order valence-electron chi connectivity index (χ0n) is 16.9. The van der Waals surface area contributed by atoms with E-state index in [9.17, 15) is 4.57 Å². The molecule has 1 fully saturated rings. The van der Waals surface area contributed by atoms with Crippen LogP contribution < -0.4 is 10.6 Å². The lowest BCUT2D eigenvalue weighted by atomic mass is 10.0. The molecule has 1 heterocycles. The highest BCUT2D eigenvalue weighted by Crippen LogP contribution is 2.70. The van der Waals surface area contributed by atoms with Gasteiger partial charge in [0.2, 0.25) is 7.29 Å². The van der Waals surface area contributed by atoms with Crippen molar-refractivity contribution >= 4 is 17.9 Å². The second kappa shape index (κ2) is 7.72. The average Bonchev–Trinajstić information content (AvgIpc) is 3.56. The quantitative estimate of drug-likeness (QED) is 0.297. The fraction of sp³-hybridized carbons (Fsp3) is 0.111. The topological polar surface area (TPSA) is 20.1 Å². The summed E-state index contributed by atoms with van der Waals surface area (Å²) < 4.78 is 17.2. The maximum atomic E-state index is 15.0. The van der Waals surface area contributed by atoms with E-state index in [1.54, 1.807) is 0 Å². The molecule has 0 aromatic heterocycles. The van der Waals surface area contributed by atoms with Gasteiger partial charge in [0.05, 0.1) is 12.1 Å². The lowest BCUT2D eigenvalue weighted by Gasteiger charge is -2.22. The Morgan fingerprint density at radius 2 is 1.07 bits per heavy atom. The third kappa shape index (κ3) is 3.13. The Bertz CT molecular complexity index is 1150. The van der Waals surface area contributed by atoms with Gasteiger partial charge in [0.1, 0.15) is 0 Å². The Kier molecular flexibility index (Phi) is 4.90. The molecule has 148 valence electrons. The Morgan fingerprint density at radius 3 is 1.60 bits per heavy atom. The SMILES string of the molecule is Cc1ccccc1C1C(c2ccccc2)N1P(=O)(c1ccccc1)c1ccccc1. The van der Waals surface area contributed by atoms with Crippen molar-refractivity contribution in [3.8, 4) is 0 Å². The minimum Gasteiger partial charge on any atom is -0.296 e. The molecule has 3 atom stereocenters. The second-order valence-corrected chi connectivity index (χ2v) is 10.4. The molecule has 4 aromatic rings. The zero-order chi connectivity index (χ0) is 20.6. The molecule has 1 aliphatic rings. The molecule has 5 rings (SSSR count). The fourth-order valence-electron chi connectivity index (χ4n) is 4.46. The summed E-state index contributed by atoms with van der Waals surface area (Å²) in [5, 5.41) is 1.77. The molecule has 0 N–H and O–H groups in total. The fourth-order valence-corrected chi connectivity index (χ4v) is 7.60. The van der Waals surface area contributed by atoms with E-state index in [1.165, 1.54) is 16.7 Å². The van der Waals surface area contributed by atoms with E-state index in [1.807, 2.05) is 66.7 Å². The van der Waals surface area contributed by atoms with Gasteiger partial charge in [0.25, 0.3) is 0 Å². The maximum Gasteiger partial charge on any atom is 0.208 e. The van der Waals surface area contributed by atoms with Crippen molar-refractivity contribution in [2.24, 2.45) is 0 Å². The van der Waals surface area contributed by atoms with Gasteiger partial charge in [-0.25, -0.2) is 4.67 Å². The van der Waals surface area contributed by atoms with Crippen LogP contribution in [0.4, 0.5) is 0 Å². The van der Waals surface area contributed by atoms with Crippen molar-refractivity contribution in [2.45, 2.75) is 19.0 Å². The lowest BCUT2D eigenvalue weighted by molar-refractivity contribution is 0.554. The first-order valence-corrected chi connectivity index (χ1v) is 12.0. The summed E-state index contributed by atoms with van der Waals surface area (Å²) in [6.45, 7) is 2.14. The summed E-state index contributed by atoms with van der Waals surface area (Å²) in [4.78, 5) is 0.